The standard InChI is InChI=1S/C26H28N4O2/c1-15(2)31-24-11-7-17(12-18(24)14-27)26-29-25(30-32-26)23-5-3-4-21-20(9-10-22(21)23)16-6-8-19(28)13-16/h3-5,7,11-12,15-16,19-20H,6,8-10,13,28H2,1-2H3/t16?,19-,20?/m1/s1. The Morgan fingerprint density at radius 2 is 2.06 bits per heavy atom. The molecule has 3 aromatic rings. The number of aromatic nitrogens is 2. The molecule has 1 saturated carbocycles. The van der Waals surface area contributed by atoms with E-state index in [4.69, 9.17) is 15.0 Å². The van der Waals surface area contributed by atoms with Gasteiger partial charge in [-0.25, -0.2) is 0 Å². The summed E-state index contributed by atoms with van der Waals surface area (Å²) in [5.41, 5.74) is 11.2. The van der Waals surface area contributed by atoms with Crippen LogP contribution < -0.4 is 10.5 Å². The second-order valence-electron chi connectivity index (χ2n) is 9.26. The Balaban J connectivity index is 1.44. The van der Waals surface area contributed by atoms with Crippen LogP contribution in [0.2, 0.25) is 0 Å². The number of hydrogen-bond donors (Lipinski definition) is 1. The number of nitrogens with two attached hydrogens (primary N) is 1. The Bertz CT molecular complexity index is 1180. The van der Waals surface area contributed by atoms with Gasteiger partial charge in [-0.15, -0.1) is 0 Å². The largest absolute Gasteiger partial charge is 0.490 e. The topological polar surface area (TPSA) is 98.0 Å². The molecule has 0 amide bonds. The van der Waals surface area contributed by atoms with Crippen molar-refractivity contribution >= 4 is 0 Å². The maximum absolute atomic E-state index is 9.52. The van der Waals surface area contributed by atoms with Gasteiger partial charge in [0.15, 0.2) is 0 Å². The van der Waals surface area contributed by atoms with Crippen LogP contribution in [-0.2, 0) is 6.42 Å². The number of nitriles is 1. The van der Waals surface area contributed by atoms with E-state index in [-0.39, 0.29) is 6.10 Å². The number of nitrogens with zero attached hydrogens (tertiary/aromatic N) is 3. The lowest BCUT2D eigenvalue weighted by molar-refractivity contribution is 0.241. The zero-order valence-corrected chi connectivity index (χ0v) is 18.5. The van der Waals surface area contributed by atoms with Gasteiger partial charge in [-0.1, -0.05) is 23.4 Å². The molecule has 2 aliphatic rings. The molecule has 0 radical (unpaired) electrons. The molecule has 6 nitrogen and oxygen atoms in total. The molecule has 164 valence electrons. The van der Waals surface area contributed by atoms with Crippen molar-refractivity contribution in [1.82, 2.24) is 10.1 Å². The second kappa shape index (κ2) is 8.40. The SMILES string of the molecule is CC(C)Oc1ccc(-c2nc(-c3cccc4c3CCC4C3CC[C@@H](N)C3)no2)cc1C#N. The molecule has 0 aliphatic heterocycles. The zero-order valence-electron chi connectivity index (χ0n) is 18.5. The van der Waals surface area contributed by atoms with E-state index in [1.165, 1.54) is 17.5 Å². The fourth-order valence-corrected chi connectivity index (χ4v) is 5.36. The van der Waals surface area contributed by atoms with Crippen molar-refractivity contribution in [1.29, 1.82) is 5.26 Å². The summed E-state index contributed by atoms with van der Waals surface area (Å²) in [6.45, 7) is 3.87. The minimum absolute atomic E-state index is 0.00747. The molecule has 3 atom stereocenters. The number of fused-ring (bicyclic) bond motifs is 1. The van der Waals surface area contributed by atoms with E-state index in [1.54, 1.807) is 12.1 Å². The van der Waals surface area contributed by atoms with E-state index < -0.39 is 0 Å². The van der Waals surface area contributed by atoms with Gasteiger partial charge in [-0.05, 0) is 87.1 Å². The first kappa shape index (κ1) is 20.7. The van der Waals surface area contributed by atoms with Crippen molar-refractivity contribution in [2.45, 2.75) is 64.0 Å². The Morgan fingerprint density at radius 3 is 2.81 bits per heavy atom. The van der Waals surface area contributed by atoms with Gasteiger partial charge < -0.3 is 15.0 Å². The van der Waals surface area contributed by atoms with Gasteiger partial charge in [0.2, 0.25) is 5.82 Å². The third-order valence-electron chi connectivity index (χ3n) is 6.78. The van der Waals surface area contributed by atoms with E-state index >= 15 is 0 Å². The molecule has 1 aromatic heterocycles. The van der Waals surface area contributed by atoms with E-state index in [0.717, 1.165) is 31.2 Å². The van der Waals surface area contributed by atoms with Crippen molar-refractivity contribution in [2.75, 3.05) is 0 Å². The summed E-state index contributed by atoms with van der Waals surface area (Å²) in [6, 6.07) is 14.4. The average molecular weight is 429 g/mol. The predicted molar refractivity (Wildman–Crippen MR) is 122 cm³/mol. The maximum Gasteiger partial charge on any atom is 0.258 e. The highest BCUT2D eigenvalue weighted by Gasteiger charge is 2.35. The van der Waals surface area contributed by atoms with Crippen molar-refractivity contribution in [3.05, 3.63) is 53.1 Å². The smallest absolute Gasteiger partial charge is 0.258 e. The summed E-state index contributed by atoms with van der Waals surface area (Å²) in [6.07, 6.45) is 5.67. The molecule has 0 spiro atoms. The highest BCUT2D eigenvalue weighted by molar-refractivity contribution is 5.67. The lowest BCUT2D eigenvalue weighted by atomic mass is 9.85. The Labute approximate surface area is 188 Å². The molecular formula is C26H28N4O2. The fourth-order valence-electron chi connectivity index (χ4n) is 5.36. The molecule has 2 aliphatic carbocycles. The number of rotatable bonds is 5. The first-order valence-electron chi connectivity index (χ1n) is 11.5. The highest BCUT2D eigenvalue weighted by atomic mass is 16.5. The van der Waals surface area contributed by atoms with Gasteiger partial charge >= 0.3 is 0 Å². The van der Waals surface area contributed by atoms with Crippen LogP contribution in [0.15, 0.2) is 40.9 Å². The predicted octanol–water partition coefficient (Wildman–Crippen LogP) is 5.22. The molecule has 1 heterocycles. The van der Waals surface area contributed by atoms with Crippen LogP contribution in [0.5, 0.6) is 5.75 Å². The molecular weight excluding hydrogens is 400 g/mol. The molecule has 1 fully saturated rings. The molecule has 0 saturated heterocycles. The fraction of sp³-hybridized carbons (Fsp3) is 0.423. The van der Waals surface area contributed by atoms with Gasteiger partial charge in [-0.2, -0.15) is 10.2 Å². The molecule has 32 heavy (non-hydrogen) atoms. The molecule has 2 aromatic carbocycles. The maximum atomic E-state index is 9.52. The van der Waals surface area contributed by atoms with Crippen molar-refractivity contribution < 1.29 is 9.26 Å². The summed E-state index contributed by atoms with van der Waals surface area (Å²) < 4.78 is 11.3. The van der Waals surface area contributed by atoms with Gasteiger partial charge in [0, 0.05) is 17.2 Å². The van der Waals surface area contributed by atoms with Crippen LogP contribution in [0.1, 0.15) is 62.1 Å². The normalized spacial score (nSPS) is 22.2. The first-order valence-corrected chi connectivity index (χ1v) is 11.5. The minimum Gasteiger partial charge on any atom is -0.490 e. The Morgan fingerprint density at radius 1 is 1.19 bits per heavy atom. The van der Waals surface area contributed by atoms with Crippen LogP contribution in [0.4, 0.5) is 0 Å². The average Bonchev–Trinajstić information content (AvgIpc) is 3.52. The molecule has 5 rings (SSSR count). The van der Waals surface area contributed by atoms with E-state index in [9.17, 15) is 5.26 Å². The Kier molecular flexibility index (Phi) is 5.44. The summed E-state index contributed by atoms with van der Waals surface area (Å²) in [5.74, 6) is 2.82. The monoisotopic (exact) mass is 428 g/mol. The van der Waals surface area contributed by atoms with Gasteiger partial charge in [0.05, 0.1) is 11.7 Å². The second-order valence-corrected chi connectivity index (χ2v) is 9.26. The zero-order chi connectivity index (χ0) is 22.2. The van der Waals surface area contributed by atoms with Crippen LogP contribution in [0.3, 0.4) is 0 Å². The summed E-state index contributed by atoms with van der Waals surface area (Å²) in [4.78, 5) is 4.68. The first-order chi connectivity index (χ1) is 15.5. The number of benzene rings is 2. The van der Waals surface area contributed by atoms with Gasteiger partial charge in [0.25, 0.3) is 5.89 Å². The third-order valence-corrected chi connectivity index (χ3v) is 6.78. The minimum atomic E-state index is -0.00747. The summed E-state index contributed by atoms with van der Waals surface area (Å²) in [5, 5.41) is 13.8. The molecule has 6 heteroatoms. The van der Waals surface area contributed by atoms with E-state index in [0.29, 0.717) is 46.5 Å². The van der Waals surface area contributed by atoms with E-state index in [1.807, 2.05) is 19.9 Å². The summed E-state index contributed by atoms with van der Waals surface area (Å²) >= 11 is 0. The quantitative estimate of drug-likeness (QED) is 0.598. The highest BCUT2D eigenvalue weighted by Crippen LogP contribution is 2.47. The van der Waals surface area contributed by atoms with Crippen molar-refractivity contribution in [3.63, 3.8) is 0 Å². The molecule has 0 bridgehead atoms. The van der Waals surface area contributed by atoms with Crippen molar-refractivity contribution in [3.8, 4) is 34.7 Å². The summed E-state index contributed by atoms with van der Waals surface area (Å²) in [7, 11) is 0. The van der Waals surface area contributed by atoms with E-state index in [2.05, 4.69) is 34.4 Å². The number of hydrogen-bond acceptors (Lipinski definition) is 6. The number of ether oxygens (including phenoxy) is 1. The van der Waals surface area contributed by atoms with Gasteiger partial charge in [0.1, 0.15) is 11.8 Å². The Hall–Kier alpha value is -3.17. The van der Waals surface area contributed by atoms with Crippen LogP contribution in [0.25, 0.3) is 22.8 Å². The lowest BCUT2D eigenvalue weighted by Crippen LogP contribution is -2.16. The van der Waals surface area contributed by atoms with Crippen molar-refractivity contribution in [2.24, 2.45) is 11.7 Å². The van der Waals surface area contributed by atoms with Crippen LogP contribution in [0, 0.1) is 17.2 Å². The lowest BCUT2D eigenvalue weighted by Gasteiger charge is -2.19. The van der Waals surface area contributed by atoms with Crippen LogP contribution >= 0.6 is 0 Å². The molecule has 2 unspecified atom stereocenters. The molecule has 2 N–H and O–H groups in total. The van der Waals surface area contributed by atoms with Gasteiger partial charge in [-0.3, -0.25) is 0 Å². The third kappa shape index (κ3) is 3.78. The van der Waals surface area contributed by atoms with Crippen LogP contribution in [-0.4, -0.2) is 22.3 Å².